The number of nitrogens with one attached hydrogen (secondary N) is 14. The van der Waals surface area contributed by atoms with Crippen LogP contribution in [0, 0.1) is 11.3 Å². The molecule has 0 unspecified atom stereocenters. The molecule has 0 spiro atoms. The van der Waals surface area contributed by atoms with E-state index < -0.39 is 222 Å². The summed E-state index contributed by atoms with van der Waals surface area (Å²) in [4.78, 5) is 266. The summed E-state index contributed by atoms with van der Waals surface area (Å²) in [6, 6.07) is -1.10. The van der Waals surface area contributed by atoms with Gasteiger partial charge in [-0.2, -0.15) is 0 Å². The molecule has 3 aromatic carbocycles. The van der Waals surface area contributed by atoms with Crippen LogP contribution in [0.25, 0.3) is 21.0 Å². The first kappa shape index (κ1) is 105. The predicted molar refractivity (Wildman–Crippen MR) is 502 cm³/mol. The Morgan fingerprint density at radius 1 is 0.548 bits per heavy atom. The molecule has 0 bridgehead atoms. The van der Waals surface area contributed by atoms with Crippen LogP contribution in [0.1, 0.15) is 147 Å². The van der Waals surface area contributed by atoms with E-state index in [-0.39, 0.29) is 115 Å². The quantitative estimate of drug-likeness (QED) is 0.0132. The van der Waals surface area contributed by atoms with Crippen LogP contribution >= 0.6 is 23.1 Å². The number of aromatic hydroxyl groups is 1. The van der Waals surface area contributed by atoms with Crippen LogP contribution in [0.3, 0.4) is 0 Å². The fourth-order valence-electron chi connectivity index (χ4n) is 16.7. The van der Waals surface area contributed by atoms with Crippen molar-refractivity contribution in [1.29, 1.82) is 5.41 Å². The molecule has 42 nitrogen and oxygen atoms in total. The standard InChI is InChI=1S/C91H127N23O19S2/c1-9-11-24-69-83(126)102-60(23-17-33-97-91(94)95)79(122)109-68(78(121)99-44-75(93)118)47-134-48-76(119)101-64(37-52-29-31-56(116)32-30-52)86(129)110(6)51(5)77(120)105-66(41-74(92)117)89(132)114-35-19-27-71(114)85(128)104-62(40-55-43-96-49-100-55)81(124)106-63(36-50(3)4)88(131)113-34-18-26-70(113)84(127)103-61(38-53-42-98-59-22-15-13-20-57(53)59)80(123)108-67(45-115)82(125)107-65(39-54-46-135-73-28-16-14-21-58(54)73)87(130)112(8)72(25-12-10-2)90(133)111(69)7/h13-16,20-22,28-32,42-43,46,49-51,60-72,98,115-116H,9-12,17-19,23-27,33-41,44-45,47-48H2,1-8H3,(H2,92,117)(H2,93,118)(H,96,100)(H,99,121)(H,101,119)(H,102,126)(H,103,127)(H,104,128)(H,105,120)(H,106,124)(H,107,125)(H,108,123)(H,109,122)(H4,94,95,97)/t51-,60-,61-,62-,63-,64-,65-,66-,67-,68-,69-,70-,71-,72-/m0/s1/i7+1. The van der Waals surface area contributed by atoms with E-state index in [2.05, 4.69) is 73.4 Å². The Kier molecular flexibility index (Phi) is 39.6. The molecule has 44 heteroatoms. The summed E-state index contributed by atoms with van der Waals surface area (Å²) < 4.78 is 0.825. The fraction of sp³-hybridized carbons (Fsp3) is 0.527. The number of guanidine groups is 1. The van der Waals surface area contributed by atoms with E-state index in [1.165, 1.54) is 86.0 Å². The van der Waals surface area contributed by atoms with Gasteiger partial charge in [0.2, 0.25) is 100 Å². The van der Waals surface area contributed by atoms with Crippen molar-refractivity contribution >= 4 is 150 Å². The number of phenolic OH excluding ortho intramolecular Hbond substituents is 1. The number of aromatic nitrogens is 3. The number of thiophene rings is 1. The van der Waals surface area contributed by atoms with Crippen LogP contribution in [-0.4, -0.2) is 306 Å². The molecule has 9 rings (SSSR count). The van der Waals surface area contributed by atoms with Crippen molar-refractivity contribution in [1.82, 2.24) is 97.9 Å². The number of carbonyl (C=O) groups excluding carboxylic acids is 17. The van der Waals surface area contributed by atoms with Crippen LogP contribution in [-0.2, 0) is 107 Å². The summed E-state index contributed by atoms with van der Waals surface area (Å²) in [5, 5.41) is 61.9. The van der Waals surface area contributed by atoms with E-state index in [9.17, 15) is 53.4 Å². The smallest absolute Gasteiger partial charge is 0.246 e. The minimum Gasteiger partial charge on any atom is -0.508 e. The molecular weight excluding hydrogens is 1780 g/mol. The number of aliphatic hydroxyl groups is 1. The van der Waals surface area contributed by atoms with E-state index in [0.717, 1.165) is 36.5 Å². The number of likely N-dealkylation sites (N-methyl/N-ethyl adjacent to an activating group) is 3. The van der Waals surface area contributed by atoms with E-state index in [1.54, 1.807) is 55.8 Å². The first-order chi connectivity index (χ1) is 64.4. The second-order valence-corrected chi connectivity index (χ2v) is 36.6. The molecule has 17 amide bonds. The number of primary amides is 2. The van der Waals surface area contributed by atoms with Crippen molar-refractivity contribution in [3.63, 3.8) is 0 Å². The highest BCUT2D eigenvalue weighted by Gasteiger charge is 2.46. The number of amides is 17. The fourth-order valence-corrected chi connectivity index (χ4v) is 18.5. The van der Waals surface area contributed by atoms with Crippen molar-refractivity contribution in [2.45, 2.75) is 235 Å². The molecular formula is C91H127N23O19S2. The van der Waals surface area contributed by atoms with E-state index in [1.807, 2.05) is 32.0 Å². The normalized spacial score (nSPS) is 24.2. The summed E-state index contributed by atoms with van der Waals surface area (Å²) >= 11 is 2.13. The van der Waals surface area contributed by atoms with Crippen molar-refractivity contribution in [3.8, 4) is 5.75 Å². The van der Waals surface area contributed by atoms with Gasteiger partial charge in [0.05, 0.1) is 31.7 Å². The van der Waals surface area contributed by atoms with Crippen molar-refractivity contribution in [2.24, 2.45) is 23.1 Å². The number of nitrogens with two attached hydrogens (primary N) is 3. The molecule has 135 heavy (non-hydrogen) atoms. The van der Waals surface area contributed by atoms with Crippen LogP contribution in [0.4, 0.5) is 0 Å². The van der Waals surface area contributed by atoms with Crippen LogP contribution in [0.5, 0.6) is 5.75 Å². The lowest BCUT2D eigenvalue weighted by Gasteiger charge is -2.36. The highest BCUT2D eigenvalue weighted by atomic mass is 32.2. The number of para-hydroxylation sites is 1. The molecule has 732 valence electrons. The molecule has 0 radical (unpaired) electrons. The largest absolute Gasteiger partial charge is 0.508 e. The van der Waals surface area contributed by atoms with Gasteiger partial charge in [0.1, 0.15) is 90.3 Å². The molecule has 6 aromatic rings. The Balaban J connectivity index is 1.10. The number of imidazole rings is 1. The third-order valence-corrected chi connectivity index (χ3v) is 26.2. The average Bonchev–Trinajstić information content (AvgIpc) is 1.75. The van der Waals surface area contributed by atoms with Crippen LogP contribution in [0.2, 0.25) is 0 Å². The zero-order chi connectivity index (χ0) is 98.4. The number of aromatic amines is 2. The highest BCUT2D eigenvalue weighted by Crippen LogP contribution is 2.30. The first-order valence-corrected chi connectivity index (χ1v) is 47.4. The molecule has 3 aliphatic heterocycles. The molecule has 3 aromatic heterocycles. The number of rotatable bonds is 26. The number of H-pyrrole nitrogens is 2. The van der Waals surface area contributed by atoms with Crippen LogP contribution in [0.15, 0.2) is 96.9 Å². The summed E-state index contributed by atoms with van der Waals surface area (Å²) in [5.41, 5.74) is 19.4. The topological polar surface area (TPSA) is 626 Å². The van der Waals surface area contributed by atoms with Gasteiger partial charge in [-0.3, -0.25) is 86.9 Å². The summed E-state index contributed by atoms with van der Waals surface area (Å²) in [5.74, 6) is -17.2. The SMILES string of the molecule is CCCC[C@H]1C(=O)N([13CH3])[C@@H](CCCC)C(=O)N[C@@H](CCCNC(=N)N)C(=O)N[C@H](C(=O)NCC(N)=O)CSCC(=O)N[C@@H](Cc2ccc(O)cc2)C(=O)N(C)[C@@H](C)C(=O)N[C@@H](CC(N)=O)C(=O)N2CCC[C@H]2C(=O)N[C@@H](Cc2cnc[nH]2)C(=O)N[C@@H](CC(C)C)C(=O)N2CCC[C@H]2C(=O)N[C@@H](Cc2c[nH]c3ccccc23)C(=O)N[C@@H](CO)C(=O)N[C@@H](Cc2csc3ccccc23)C(=O)N1C. The lowest BCUT2D eigenvalue weighted by molar-refractivity contribution is -0.149. The molecule has 0 saturated carbocycles. The number of aliphatic hydroxyl groups excluding tert-OH is 1. The second kappa shape index (κ2) is 50.7. The second-order valence-electron chi connectivity index (χ2n) is 34.7. The summed E-state index contributed by atoms with van der Waals surface area (Å²) in [6.45, 7) is 6.68. The Morgan fingerprint density at radius 3 is 1.71 bits per heavy atom. The number of unbranched alkanes of at least 4 members (excludes halogenated alkanes) is 2. The zero-order valence-corrected chi connectivity index (χ0v) is 78.8. The van der Waals surface area contributed by atoms with E-state index >= 15 is 38.4 Å². The number of thioether (sulfide) groups is 1. The Bertz CT molecular complexity index is 5210. The monoisotopic (exact) mass is 1910 g/mol. The molecule has 3 saturated heterocycles. The Hall–Kier alpha value is -13.3. The summed E-state index contributed by atoms with van der Waals surface area (Å²) in [7, 11) is 3.95. The molecule has 22 N–H and O–H groups in total. The predicted octanol–water partition coefficient (Wildman–Crippen LogP) is -1.17. The van der Waals surface area contributed by atoms with Gasteiger partial charge in [-0.25, -0.2) is 4.98 Å². The first-order valence-electron chi connectivity index (χ1n) is 45.4. The number of benzene rings is 3. The van der Waals surface area contributed by atoms with Gasteiger partial charge in [-0.15, -0.1) is 23.1 Å². The zero-order valence-electron chi connectivity index (χ0n) is 77.1. The molecule has 3 fully saturated rings. The van der Waals surface area contributed by atoms with Gasteiger partial charge < -0.3 is 120 Å². The van der Waals surface area contributed by atoms with Gasteiger partial charge in [0.25, 0.3) is 0 Å². The van der Waals surface area contributed by atoms with Crippen molar-refractivity contribution in [2.75, 3.05) is 65.4 Å². The van der Waals surface area contributed by atoms with Gasteiger partial charge in [0, 0.05) is 106 Å². The van der Waals surface area contributed by atoms with E-state index in [0.29, 0.717) is 59.0 Å². The highest BCUT2D eigenvalue weighted by molar-refractivity contribution is 8.00. The van der Waals surface area contributed by atoms with Gasteiger partial charge in [-0.1, -0.05) is 102 Å². The maximum atomic E-state index is 15.8. The van der Waals surface area contributed by atoms with Crippen LogP contribution < -0.4 is 75.7 Å². The van der Waals surface area contributed by atoms with Gasteiger partial charge in [-0.05, 0) is 122 Å². The van der Waals surface area contributed by atoms with Gasteiger partial charge >= 0.3 is 0 Å². The number of hydrogen-bond donors (Lipinski definition) is 19. The Morgan fingerprint density at radius 2 is 1.10 bits per heavy atom. The minimum atomic E-state index is -1.84. The van der Waals surface area contributed by atoms with Crippen molar-refractivity contribution in [3.05, 3.63) is 119 Å². The van der Waals surface area contributed by atoms with E-state index in [4.69, 9.17) is 22.6 Å². The third-order valence-electron chi connectivity index (χ3n) is 24.2. The number of carbonyl (C=O) groups is 17. The Labute approximate surface area is 789 Å². The molecule has 6 heterocycles. The number of hydrogen-bond acceptors (Lipinski definition) is 23. The van der Waals surface area contributed by atoms with Gasteiger partial charge in [0.15, 0.2) is 5.96 Å². The number of nitrogens with zero attached hydrogens (tertiary/aromatic N) is 6. The maximum absolute atomic E-state index is 15.8. The minimum absolute atomic E-state index is 0.00306. The van der Waals surface area contributed by atoms with Crippen molar-refractivity contribution < 1.29 is 91.7 Å². The number of fused-ring (bicyclic) bond motifs is 4. The lowest BCUT2D eigenvalue weighted by atomic mass is 10.00. The molecule has 14 atom stereocenters. The molecule has 0 aliphatic carbocycles. The number of phenols is 1. The third kappa shape index (κ3) is 29.6. The maximum Gasteiger partial charge on any atom is 0.246 e. The lowest BCUT2D eigenvalue weighted by Crippen LogP contribution is -2.62. The molecule has 3 aliphatic rings. The summed E-state index contributed by atoms with van der Waals surface area (Å²) in [6.07, 6.45) is 4.66. The average molecular weight is 1910 g/mol.